The largest absolute Gasteiger partial charge is 0.144 e. The summed E-state index contributed by atoms with van der Waals surface area (Å²) in [7, 11) is 0. The summed E-state index contributed by atoms with van der Waals surface area (Å²) in [6, 6.07) is 0. The molecule has 11 heavy (non-hydrogen) atoms. The van der Waals surface area contributed by atoms with Crippen LogP contribution in [-0.4, -0.2) is 10.00 Å². The van der Waals surface area contributed by atoms with E-state index >= 15 is 0 Å². The van der Waals surface area contributed by atoms with Crippen molar-refractivity contribution in [1.29, 1.82) is 0 Å². The molecule has 0 aromatic heterocycles. The molecule has 0 fully saturated rings. The summed E-state index contributed by atoms with van der Waals surface area (Å²) in [4.78, 5) is 0. The lowest BCUT2D eigenvalue weighted by Crippen LogP contribution is -2.13. The van der Waals surface area contributed by atoms with E-state index in [9.17, 15) is 0 Å². The Labute approximate surface area is 73.8 Å². The second-order valence-corrected chi connectivity index (χ2v) is 5.79. The van der Waals surface area contributed by atoms with Crippen LogP contribution in [0.3, 0.4) is 0 Å². The van der Waals surface area contributed by atoms with Gasteiger partial charge in [-0.05, 0) is 6.42 Å². The first-order chi connectivity index (χ1) is 5.08. The molecular weight excluding hydrogens is 152 g/mol. The average Bonchev–Trinajstić information content (AvgIpc) is 1.85. The molecule has 0 bridgehead atoms. The smallest absolute Gasteiger partial charge is 0.0413 e. The minimum atomic E-state index is 0.372. The predicted octanol–water partition coefficient (Wildman–Crippen LogP) is 3.40. The summed E-state index contributed by atoms with van der Waals surface area (Å²) in [6.07, 6.45) is 10.2. The Bertz CT molecular complexity index is 160. The topological polar surface area (TPSA) is 0 Å². The Morgan fingerprint density at radius 3 is 2.18 bits per heavy atom. The summed E-state index contributed by atoms with van der Waals surface area (Å²) in [5, 5.41) is 0.601. The van der Waals surface area contributed by atoms with Crippen LogP contribution in [0, 0.1) is 0 Å². The van der Waals surface area contributed by atoms with Crippen molar-refractivity contribution in [2.75, 3.05) is 0 Å². The molecule has 0 aromatic carbocycles. The molecule has 0 saturated carbocycles. The molecule has 0 radical (unpaired) electrons. The minimum Gasteiger partial charge on any atom is -0.144 e. The fourth-order valence-corrected chi connectivity index (χ4v) is 2.25. The highest BCUT2D eigenvalue weighted by Gasteiger charge is 2.15. The zero-order valence-corrected chi connectivity index (χ0v) is 8.32. The molecule has 1 aliphatic rings. The molecule has 0 aromatic rings. The SMILES string of the molecule is CC(C)(C)SC1C=CCC=C1. The summed E-state index contributed by atoms with van der Waals surface area (Å²) in [5.41, 5.74) is 0. The normalized spacial score (nSPS) is 19.2. The van der Waals surface area contributed by atoms with Gasteiger partial charge in [0, 0.05) is 10.00 Å². The van der Waals surface area contributed by atoms with Crippen molar-refractivity contribution in [3.05, 3.63) is 24.3 Å². The van der Waals surface area contributed by atoms with Crippen LogP contribution < -0.4 is 0 Å². The van der Waals surface area contributed by atoms with Gasteiger partial charge in [-0.3, -0.25) is 0 Å². The van der Waals surface area contributed by atoms with E-state index in [0.717, 1.165) is 6.42 Å². The fraction of sp³-hybridized carbons (Fsp3) is 0.600. The van der Waals surface area contributed by atoms with E-state index in [0.29, 0.717) is 10.00 Å². The zero-order chi connectivity index (χ0) is 8.32. The van der Waals surface area contributed by atoms with Crippen LogP contribution in [0.5, 0.6) is 0 Å². The van der Waals surface area contributed by atoms with Crippen LogP contribution in [0.2, 0.25) is 0 Å². The Balaban J connectivity index is 2.43. The molecule has 1 heteroatoms. The minimum absolute atomic E-state index is 0.372. The van der Waals surface area contributed by atoms with Gasteiger partial charge in [-0.2, -0.15) is 0 Å². The monoisotopic (exact) mass is 168 g/mol. The molecule has 0 nitrogen and oxygen atoms in total. The van der Waals surface area contributed by atoms with Crippen molar-refractivity contribution >= 4 is 11.8 Å². The molecule has 0 spiro atoms. The summed E-state index contributed by atoms with van der Waals surface area (Å²) in [6.45, 7) is 6.77. The van der Waals surface area contributed by atoms with Crippen LogP contribution in [0.4, 0.5) is 0 Å². The predicted molar refractivity (Wildman–Crippen MR) is 54.0 cm³/mol. The third-order valence-electron chi connectivity index (χ3n) is 1.41. The molecule has 1 aliphatic carbocycles. The highest BCUT2D eigenvalue weighted by Crippen LogP contribution is 2.30. The van der Waals surface area contributed by atoms with Gasteiger partial charge in [0.2, 0.25) is 0 Å². The number of hydrogen-bond acceptors (Lipinski definition) is 1. The first-order valence-electron chi connectivity index (χ1n) is 4.09. The van der Waals surface area contributed by atoms with Gasteiger partial charge in [0.05, 0.1) is 0 Å². The maximum atomic E-state index is 2.29. The Hall–Kier alpha value is -0.170. The van der Waals surface area contributed by atoms with Gasteiger partial charge in [0.25, 0.3) is 0 Å². The second kappa shape index (κ2) is 3.48. The zero-order valence-electron chi connectivity index (χ0n) is 7.50. The molecule has 62 valence electrons. The van der Waals surface area contributed by atoms with E-state index in [2.05, 4.69) is 45.1 Å². The lowest BCUT2D eigenvalue weighted by Gasteiger charge is -2.22. The van der Waals surface area contributed by atoms with Crippen molar-refractivity contribution in [2.24, 2.45) is 0 Å². The highest BCUT2D eigenvalue weighted by molar-refractivity contribution is 8.01. The van der Waals surface area contributed by atoms with Crippen LogP contribution in [0.15, 0.2) is 24.3 Å². The van der Waals surface area contributed by atoms with Gasteiger partial charge in [-0.15, -0.1) is 11.8 Å². The second-order valence-electron chi connectivity index (χ2n) is 3.79. The van der Waals surface area contributed by atoms with Crippen molar-refractivity contribution in [1.82, 2.24) is 0 Å². The molecule has 0 N–H and O–H groups in total. The Morgan fingerprint density at radius 2 is 1.73 bits per heavy atom. The van der Waals surface area contributed by atoms with Crippen LogP contribution in [-0.2, 0) is 0 Å². The maximum absolute atomic E-state index is 2.29. The van der Waals surface area contributed by atoms with E-state index in [1.165, 1.54) is 0 Å². The van der Waals surface area contributed by atoms with Crippen molar-refractivity contribution in [3.8, 4) is 0 Å². The molecule has 0 amide bonds. The molecular formula is C10H16S. The summed E-state index contributed by atoms with van der Waals surface area (Å²) >= 11 is 2.00. The van der Waals surface area contributed by atoms with Gasteiger partial charge < -0.3 is 0 Å². The standard InChI is InChI=1S/C10H16S/c1-10(2,3)11-9-7-5-4-6-8-9/h5-9H,4H2,1-3H3. The first-order valence-corrected chi connectivity index (χ1v) is 4.97. The lowest BCUT2D eigenvalue weighted by molar-refractivity contribution is 0.801. The number of allylic oxidation sites excluding steroid dienone is 2. The van der Waals surface area contributed by atoms with Gasteiger partial charge in [0.1, 0.15) is 0 Å². The highest BCUT2D eigenvalue weighted by atomic mass is 32.2. The van der Waals surface area contributed by atoms with Crippen LogP contribution in [0.1, 0.15) is 27.2 Å². The third kappa shape index (κ3) is 3.66. The van der Waals surface area contributed by atoms with E-state index in [4.69, 9.17) is 0 Å². The van der Waals surface area contributed by atoms with Gasteiger partial charge in [-0.25, -0.2) is 0 Å². The van der Waals surface area contributed by atoms with Crippen LogP contribution >= 0.6 is 11.8 Å². The molecule has 0 saturated heterocycles. The number of thioether (sulfide) groups is 1. The van der Waals surface area contributed by atoms with Gasteiger partial charge in [-0.1, -0.05) is 45.1 Å². The Kier molecular flexibility index (Phi) is 2.83. The van der Waals surface area contributed by atoms with E-state index in [-0.39, 0.29) is 0 Å². The molecule has 0 unspecified atom stereocenters. The van der Waals surface area contributed by atoms with E-state index < -0.39 is 0 Å². The third-order valence-corrected chi connectivity index (χ3v) is 2.71. The van der Waals surface area contributed by atoms with E-state index in [1.54, 1.807) is 0 Å². The quantitative estimate of drug-likeness (QED) is 0.541. The Morgan fingerprint density at radius 1 is 1.18 bits per heavy atom. The number of rotatable bonds is 1. The molecule has 0 atom stereocenters. The molecule has 0 aliphatic heterocycles. The summed E-state index contributed by atoms with van der Waals surface area (Å²) in [5.74, 6) is 0. The number of hydrogen-bond donors (Lipinski definition) is 0. The maximum Gasteiger partial charge on any atom is 0.0413 e. The average molecular weight is 168 g/mol. The van der Waals surface area contributed by atoms with Crippen molar-refractivity contribution < 1.29 is 0 Å². The summed E-state index contributed by atoms with van der Waals surface area (Å²) < 4.78 is 0.372. The van der Waals surface area contributed by atoms with Gasteiger partial charge >= 0.3 is 0 Å². The van der Waals surface area contributed by atoms with Crippen LogP contribution in [0.25, 0.3) is 0 Å². The fourth-order valence-electron chi connectivity index (χ4n) is 1.05. The first kappa shape index (κ1) is 8.92. The van der Waals surface area contributed by atoms with Crippen molar-refractivity contribution in [2.45, 2.75) is 37.2 Å². The molecule has 1 rings (SSSR count). The van der Waals surface area contributed by atoms with Gasteiger partial charge in [0.15, 0.2) is 0 Å². The van der Waals surface area contributed by atoms with Crippen molar-refractivity contribution in [3.63, 3.8) is 0 Å². The molecule has 0 heterocycles. The lowest BCUT2D eigenvalue weighted by atomic mass is 10.2. The van der Waals surface area contributed by atoms with E-state index in [1.807, 2.05) is 11.8 Å².